The van der Waals surface area contributed by atoms with Crippen LogP contribution >= 0.6 is 19.8 Å². The number of thioether (sulfide) groups is 1. The summed E-state index contributed by atoms with van der Waals surface area (Å²) in [5.41, 5.74) is -1.25. The highest BCUT2D eigenvalue weighted by Gasteiger charge is 2.34. The van der Waals surface area contributed by atoms with E-state index in [1.54, 1.807) is 0 Å². The highest BCUT2D eigenvalue weighted by molar-refractivity contribution is 7.99. The molecule has 3 atom stereocenters. The minimum absolute atomic E-state index is 0.130. The first-order valence-electron chi connectivity index (χ1n) is 13.8. The summed E-state index contributed by atoms with van der Waals surface area (Å²) < 4.78 is 22.2. The van der Waals surface area contributed by atoms with Crippen LogP contribution in [0.15, 0.2) is 0 Å². The van der Waals surface area contributed by atoms with Crippen molar-refractivity contribution in [2.45, 2.75) is 141 Å². The molecule has 1 N–H and O–H groups in total. The van der Waals surface area contributed by atoms with Crippen LogP contribution in [0, 0.1) is 0 Å². The Hall–Kier alpha value is -0.200. The molecule has 0 rings (SSSR count). The molecule has 0 saturated heterocycles. The standard InChI is InChI=1S/C26H51O6PS/c1-4-6-8-10-12-13-14-16-18-23-34-25(20-17-15-11-9-7-5-2)24(3)30-21-19-22-31-33(29)26(27)32-28/h24-25H,4-23H2,1-3H3/p+1. The van der Waals surface area contributed by atoms with Gasteiger partial charge in [0.1, 0.15) is 6.61 Å². The zero-order valence-electron chi connectivity index (χ0n) is 22.1. The van der Waals surface area contributed by atoms with Crippen LogP contribution in [0.1, 0.15) is 130 Å². The molecule has 0 aromatic rings. The lowest BCUT2D eigenvalue weighted by atomic mass is 10.1. The van der Waals surface area contributed by atoms with Crippen LogP contribution in [-0.2, 0) is 18.7 Å². The van der Waals surface area contributed by atoms with E-state index >= 15 is 0 Å². The summed E-state index contributed by atoms with van der Waals surface area (Å²) in [6.07, 6.45) is 21.9. The second-order valence-corrected chi connectivity index (χ2v) is 11.7. The number of hydrogen-bond acceptors (Lipinski definition) is 7. The molecule has 0 aliphatic rings. The van der Waals surface area contributed by atoms with Crippen LogP contribution < -0.4 is 0 Å². The zero-order valence-corrected chi connectivity index (χ0v) is 23.9. The van der Waals surface area contributed by atoms with Crippen LogP contribution in [0.3, 0.4) is 0 Å². The summed E-state index contributed by atoms with van der Waals surface area (Å²) in [5, 5.41) is 8.69. The van der Waals surface area contributed by atoms with Crippen molar-refractivity contribution in [3.63, 3.8) is 0 Å². The molecule has 34 heavy (non-hydrogen) atoms. The molecule has 0 aromatic heterocycles. The Labute approximate surface area is 214 Å². The van der Waals surface area contributed by atoms with E-state index < -0.39 is 13.7 Å². The lowest BCUT2D eigenvalue weighted by molar-refractivity contribution is -0.168. The zero-order chi connectivity index (χ0) is 25.3. The molecule has 0 heterocycles. The number of ether oxygens (including phenoxy) is 1. The Kier molecular flexibility index (Phi) is 25.7. The molecule has 6 nitrogen and oxygen atoms in total. The maximum atomic E-state index is 11.3. The Bertz CT molecular complexity index is 480. The molecular formula is C26H52O6PS+. The van der Waals surface area contributed by atoms with E-state index in [-0.39, 0.29) is 12.7 Å². The van der Waals surface area contributed by atoms with Crippen LogP contribution in [0.4, 0.5) is 4.79 Å². The molecular weight excluding hydrogens is 471 g/mol. The fourth-order valence-electron chi connectivity index (χ4n) is 3.90. The van der Waals surface area contributed by atoms with Gasteiger partial charge in [-0.1, -0.05) is 104 Å². The van der Waals surface area contributed by atoms with Crippen LogP contribution in [0.2, 0.25) is 0 Å². The van der Waals surface area contributed by atoms with Crippen molar-refractivity contribution in [2.24, 2.45) is 0 Å². The molecule has 0 spiro atoms. The van der Waals surface area contributed by atoms with Gasteiger partial charge in [-0.3, -0.25) is 4.89 Å². The van der Waals surface area contributed by atoms with Crippen molar-refractivity contribution >= 4 is 25.5 Å². The fraction of sp³-hybridized carbons (Fsp3) is 0.962. The Morgan fingerprint density at radius 2 is 1.32 bits per heavy atom. The predicted octanol–water partition coefficient (Wildman–Crippen LogP) is 9.53. The Balaban J connectivity index is 4.13. The number of carbonyl (C=O) groups is 1. The minimum Gasteiger partial charge on any atom is -0.377 e. The lowest BCUT2D eigenvalue weighted by Gasteiger charge is -2.24. The van der Waals surface area contributed by atoms with Gasteiger partial charge in [-0.2, -0.15) is 21.8 Å². The molecule has 202 valence electrons. The molecule has 0 fully saturated rings. The van der Waals surface area contributed by atoms with Gasteiger partial charge in [0, 0.05) is 11.9 Å². The van der Waals surface area contributed by atoms with Crippen LogP contribution in [0.5, 0.6) is 0 Å². The quantitative estimate of drug-likeness (QED) is 0.0523. The average Bonchev–Trinajstić information content (AvgIpc) is 2.84. The molecule has 3 unspecified atom stereocenters. The van der Waals surface area contributed by atoms with E-state index in [9.17, 15) is 9.36 Å². The summed E-state index contributed by atoms with van der Waals surface area (Å²) in [7, 11) is -2.64. The van der Waals surface area contributed by atoms with E-state index in [4.69, 9.17) is 14.5 Å². The van der Waals surface area contributed by atoms with Gasteiger partial charge < -0.3 is 4.74 Å². The van der Waals surface area contributed by atoms with Crippen LogP contribution in [0.25, 0.3) is 0 Å². The van der Waals surface area contributed by atoms with Crippen molar-refractivity contribution in [3.05, 3.63) is 0 Å². The highest BCUT2D eigenvalue weighted by Crippen LogP contribution is 2.26. The van der Waals surface area contributed by atoms with E-state index in [1.807, 2.05) is 0 Å². The topological polar surface area (TPSA) is 82.1 Å². The maximum Gasteiger partial charge on any atom is 0.639 e. The van der Waals surface area contributed by atoms with E-state index in [1.165, 1.54) is 108 Å². The molecule has 0 aromatic carbocycles. The van der Waals surface area contributed by atoms with Gasteiger partial charge in [0.2, 0.25) is 0 Å². The van der Waals surface area contributed by atoms with Crippen molar-refractivity contribution < 1.29 is 28.8 Å². The van der Waals surface area contributed by atoms with E-state index in [2.05, 4.69) is 37.4 Å². The first-order valence-corrected chi connectivity index (χ1v) is 16.0. The van der Waals surface area contributed by atoms with Crippen molar-refractivity contribution in [3.8, 4) is 0 Å². The largest absolute Gasteiger partial charge is 0.639 e. The summed E-state index contributed by atoms with van der Waals surface area (Å²) >= 11 is 2.06. The second-order valence-electron chi connectivity index (χ2n) is 9.17. The van der Waals surface area contributed by atoms with Crippen LogP contribution in [-0.4, -0.2) is 41.3 Å². The first kappa shape index (κ1) is 33.8. The number of hydrogen-bond donors (Lipinski definition) is 1. The summed E-state index contributed by atoms with van der Waals surface area (Å²) in [6, 6.07) is 0. The molecule has 0 bridgehead atoms. The van der Waals surface area contributed by atoms with Crippen molar-refractivity contribution in [2.75, 3.05) is 19.0 Å². The summed E-state index contributed by atoms with van der Waals surface area (Å²) in [6.45, 7) is 7.28. The number of unbranched alkanes of at least 4 members (excludes halogenated alkanes) is 13. The molecule has 0 radical (unpaired) electrons. The molecule has 0 amide bonds. The Morgan fingerprint density at radius 3 is 1.88 bits per heavy atom. The van der Waals surface area contributed by atoms with Gasteiger partial charge in [0.25, 0.3) is 0 Å². The van der Waals surface area contributed by atoms with Gasteiger partial charge in [0.15, 0.2) is 0 Å². The maximum absolute atomic E-state index is 11.3. The minimum atomic E-state index is -2.64. The third-order valence-electron chi connectivity index (χ3n) is 6.05. The Morgan fingerprint density at radius 1 is 0.794 bits per heavy atom. The van der Waals surface area contributed by atoms with Gasteiger partial charge >= 0.3 is 13.7 Å². The average molecular weight is 524 g/mol. The summed E-state index contributed by atoms with van der Waals surface area (Å²) in [5.74, 6) is 1.19. The highest BCUT2D eigenvalue weighted by atomic mass is 32.2. The fourth-order valence-corrected chi connectivity index (χ4v) is 5.72. The third kappa shape index (κ3) is 21.1. The SMILES string of the molecule is CCCCCCCCCCCSC(CCCCCCCC)C(C)OCCCO[P+](=O)C(=O)OO. The number of rotatable bonds is 26. The predicted molar refractivity (Wildman–Crippen MR) is 144 cm³/mol. The van der Waals surface area contributed by atoms with Gasteiger partial charge in [-0.05, 0) is 36.5 Å². The molecule has 0 saturated carbocycles. The van der Waals surface area contributed by atoms with Gasteiger partial charge in [0.05, 0.1) is 6.10 Å². The third-order valence-corrected chi connectivity index (χ3v) is 8.42. The van der Waals surface area contributed by atoms with E-state index in [0.717, 1.165) is 0 Å². The normalized spacial score (nSPS) is 13.6. The molecule has 8 heteroatoms. The molecule has 0 aliphatic heterocycles. The van der Waals surface area contributed by atoms with Crippen molar-refractivity contribution in [1.29, 1.82) is 0 Å². The smallest absolute Gasteiger partial charge is 0.377 e. The first-order chi connectivity index (χ1) is 16.6. The van der Waals surface area contributed by atoms with Gasteiger partial charge in [-0.25, -0.2) is 0 Å². The monoisotopic (exact) mass is 523 g/mol. The second kappa shape index (κ2) is 25.9. The summed E-state index contributed by atoms with van der Waals surface area (Å²) in [4.78, 5) is 14.3. The van der Waals surface area contributed by atoms with E-state index in [0.29, 0.717) is 18.3 Å². The number of carbonyl (C=O) groups excluding carboxylic acids is 1. The van der Waals surface area contributed by atoms with Gasteiger partial charge in [-0.15, -0.1) is 4.52 Å². The van der Waals surface area contributed by atoms with Crippen molar-refractivity contribution in [1.82, 2.24) is 0 Å². The lowest BCUT2D eigenvalue weighted by Crippen LogP contribution is -2.24. The molecule has 0 aliphatic carbocycles.